The van der Waals surface area contributed by atoms with Crippen LogP contribution in [0.1, 0.15) is 24.2 Å². The fourth-order valence-electron chi connectivity index (χ4n) is 2.10. The van der Waals surface area contributed by atoms with Gasteiger partial charge in [-0.3, -0.25) is 9.97 Å². The van der Waals surface area contributed by atoms with Gasteiger partial charge in [-0.1, -0.05) is 0 Å². The lowest BCUT2D eigenvalue weighted by molar-refractivity contribution is 0.568. The molecule has 1 unspecified atom stereocenters. The van der Waals surface area contributed by atoms with Gasteiger partial charge in [0, 0.05) is 23.6 Å². The normalized spacial score (nSPS) is 12.1. The Kier molecular flexibility index (Phi) is 3.59. The van der Waals surface area contributed by atoms with Crippen molar-refractivity contribution in [3.8, 4) is 11.5 Å². The fourth-order valence-corrected chi connectivity index (χ4v) is 2.10. The molecule has 0 amide bonds. The van der Waals surface area contributed by atoms with Crippen molar-refractivity contribution >= 4 is 5.69 Å². The Hall–Kier alpha value is -2.76. The molecule has 0 aliphatic carbocycles. The summed E-state index contributed by atoms with van der Waals surface area (Å²) in [5, 5.41) is 11.0. The molecule has 1 atom stereocenters. The van der Waals surface area contributed by atoms with E-state index in [9.17, 15) is 0 Å². The van der Waals surface area contributed by atoms with E-state index in [1.54, 1.807) is 18.6 Å². The van der Waals surface area contributed by atoms with Crippen LogP contribution in [0.3, 0.4) is 0 Å². The van der Waals surface area contributed by atoms with Crippen LogP contribution >= 0.6 is 0 Å². The Morgan fingerprint density at radius 2 is 2.14 bits per heavy atom. The molecule has 0 radical (unpaired) electrons. The van der Waals surface area contributed by atoms with E-state index in [-0.39, 0.29) is 6.04 Å². The minimum Gasteiger partial charge on any atom is -0.423 e. The molecule has 6 heteroatoms. The molecule has 106 valence electrons. The average molecular weight is 281 g/mol. The van der Waals surface area contributed by atoms with E-state index in [0.717, 1.165) is 22.5 Å². The van der Waals surface area contributed by atoms with Crippen LogP contribution in [-0.4, -0.2) is 20.2 Å². The monoisotopic (exact) mass is 281 g/mol. The van der Waals surface area contributed by atoms with E-state index in [2.05, 4.69) is 32.4 Å². The summed E-state index contributed by atoms with van der Waals surface area (Å²) >= 11 is 0. The summed E-state index contributed by atoms with van der Waals surface area (Å²) in [7, 11) is 0. The van der Waals surface area contributed by atoms with Crippen LogP contribution in [0, 0.1) is 6.92 Å². The van der Waals surface area contributed by atoms with Crippen LogP contribution in [-0.2, 0) is 0 Å². The van der Waals surface area contributed by atoms with Crippen LogP contribution in [0.5, 0.6) is 0 Å². The summed E-state index contributed by atoms with van der Waals surface area (Å²) in [6.45, 7) is 4.08. The first kappa shape index (κ1) is 13.2. The van der Waals surface area contributed by atoms with E-state index in [4.69, 9.17) is 4.42 Å². The Morgan fingerprint density at radius 3 is 2.81 bits per heavy atom. The van der Waals surface area contributed by atoms with E-state index in [1.165, 1.54) is 6.39 Å². The smallest absolute Gasteiger partial charge is 0.247 e. The minimum absolute atomic E-state index is 0.0756. The van der Waals surface area contributed by atoms with Crippen LogP contribution < -0.4 is 5.32 Å². The lowest BCUT2D eigenvalue weighted by Gasteiger charge is -2.16. The van der Waals surface area contributed by atoms with Crippen molar-refractivity contribution < 1.29 is 4.42 Å². The number of aryl methyl sites for hydroxylation is 1. The third kappa shape index (κ3) is 2.89. The molecule has 1 aromatic carbocycles. The topological polar surface area (TPSA) is 76.7 Å². The molecule has 6 nitrogen and oxygen atoms in total. The number of anilines is 1. The van der Waals surface area contributed by atoms with Gasteiger partial charge in [0.1, 0.15) is 0 Å². The lowest BCUT2D eigenvalue weighted by atomic mass is 10.1. The van der Waals surface area contributed by atoms with Gasteiger partial charge in [0.15, 0.2) is 0 Å². The molecule has 2 heterocycles. The highest BCUT2D eigenvalue weighted by Gasteiger charge is 2.10. The summed E-state index contributed by atoms with van der Waals surface area (Å²) in [6.07, 6.45) is 6.45. The molecule has 3 aromatic rings. The van der Waals surface area contributed by atoms with Crippen molar-refractivity contribution in [2.45, 2.75) is 19.9 Å². The highest BCUT2D eigenvalue weighted by Crippen LogP contribution is 2.25. The van der Waals surface area contributed by atoms with Gasteiger partial charge < -0.3 is 9.73 Å². The number of hydrogen-bond acceptors (Lipinski definition) is 6. The van der Waals surface area contributed by atoms with Gasteiger partial charge in [-0.25, -0.2) is 0 Å². The Labute approximate surface area is 122 Å². The molecule has 0 saturated carbocycles. The number of nitrogens with one attached hydrogen (secondary N) is 1. The van der Waals surface area contributed by atoms with Crippen molar-refractivity contribution in [1.29, 1.82) is 0 Å². The summed E-state index contributed by atoms with van der Waals surface area (Å²) in [5.41, 5.74) is 3.94. The van der Waals surface area contributed by atoms with Gasteiger partial charge in [0.2, 0.25) is 12.3 Å². The van der Waals surface area contributed by atoms with E-state index >= 15 is 0 Å². The first-order valence-corrected chi connectivity index (χ1v) is 6.63. The van der Waals surface area contributed by atoms with Crippen molar-refractivity contribution in [3.05, 3.63) is 54.4 Å². The predicted octanol–water partition coefficient (Wildman–Crippen LogP) is 3.01. The summed E-state index contributed by atoms with van der Waals surface area (Å²) < 4.78 is 5.20. The third-order valence-corrected chi connectivity index (χ3v) is 3.23. The summed E-state index contributed by atoms with van der Waals surface area (Å²) in [5.74, 6) is 0.520. The van der Waals surface area contributed by atoms with Crippen molar-refractivity contribution in [2.24, 2.45) is 0 Å². The number of hydrogen-bond donors (Lipinski definition) is 1. The Bertz CT molecular complexity index is 712. The maximum Gasteiger partial charge on any atom is 0.247 e. The first-order valence-electron chi connectivity index (χ1n) is 6.63. The highest BCUT2D eigenvalue weighted by molar-refractivity contribution is 5.62. The Morgan fingerprint density at radius 1 is 1.24 bits per heavy atom. The average Bonchev–Trinajstić information content (AvgIpc) is 3.04. The zero-order valence-corrected chi connectivity index (χ0v) is 11.8. The maximum atomic E-state index is 5.20. The van der Waals surface area contributed by atoms with Gasteiger partial charge in [-0.15, -0.1) is 10.2 Å². The van der Waals surface area contributed by atoms with Crippen LogP contribution in [0.2, 0.25) is 0 Å². The van der Waals surface area contributed by atoms with Crippen molar-refractivity contribution in [1.82, 2.24) is 20.2 Å². The van der Waals surface area contributed by atoms with Crippen molar-refractivity contribution in [2.75, 3.05) is 5.32 Å². The molecule has 2 aromatic heterocycles. The quantitative estimate of drug-likeness (QED) is 0.792. The van der Waals surface area contributed by atoms with Crippen LogP contribution in [0.25, 0.3) is 11.5 Å². The van der Waals surface area contributed by atoms with Crippen LogP contribution in [0.15, 0.2) is 47.6 Å². The minimum atomic E-state index is 0.0756. The van der Waals surface area contributed by atoms with Crippen molar-refractivity contribution in [3.63, 3.8) is 0 Å². The molecule has 0 saturated heterocycles. The molecular weight excluding hydrogens is 266 g/mol. The summed E-state index contributed by atoms with van der Waals surface area (Å²) in [4.78, 5) is 8.39. The number of aromatic nitrogens is 4. The van der Waals surface area contributed by atoms with Gasteiger partial charge in [-0.05, 0) is 37.6 Å². The lowest BCUT2D eigenvalue weighted by Crippen LogP contribution is -2.09. The molecule has 3 rings (SSSR count). The van der Waals surface area contributed by atoms with E-state index in [1.807, 2.05) is 25.1 Å². The second-order valence-electron chi connectivity index (χ2n) is 4.77. The zero-order valence-electron chi connectivity index (χ0n) is 11.8. The maximum absolute atomic E-state index is 5.20. The van der Waals surface area contributed by atoms with Crippen LogP contribution in [0.4, 0.5) is 5.69 Å². The molecule has 21 heavy (non-hydrogen) atoms. The number of rotatable bonds is 4. The largest absolute Gasteiger partial charge is 0.423 e. The van der Waals surface area contributed by atoms with Gasteiger partial charge in [0.05, 0.1) is 17.9 Å². The standard InChI is InChI=1S/C15H15N5O/c1-10-7-12(15-20-18-9-21-15)3-4-13(10)19-11(2)14-8-16-5-6-17-14/h3-9,11,19H,1-2H3. The molecule has 0 spiro atoms. The first-order chi connectivity index (χ1) is 10.2. The van der Waals surface area contributed by atoms with E-state index in [0.29, 0.717) is 5.89 Å². The molecule has 0 fully saturated rings. The molecule has 0 bridgehead atoms. The highest BCUT2D eigenvalue weighted by atomic mass is 16.4. The van der Waals surface area contributed by atoms with Gasteiger partial charge in [0.25, 0.3) is 0 Å². The molecule has 0 aliphatic heterocycles. The van der Waals surface area contributed by atoms with E-state index < -0.39 is 0 Å². The number of nitrogens with zero attached hydrogens (tertiary/aromatic N) is 4. The SMILES string of the molecule is Cc1cc(-c2nnco2)ccc1NC(C)c1cnccn1. The Balaban J connectivity index is 1.80. The fraction of sp³-hybridized carbons (Fsp3) is 0.200. The summed E-state index contributed by atoms with van der Waals surface area (Å²) in [6, 6.07) is 6.04. The predicted molar refractivity (Wildman–Crippen MR) is 78.5 cm³/mol. The third-order valence-electron chi connectivity index (χ3n) is 3.23. The number of benzene rings is 1. The van der Waals surface area contributed by atoms with Gasteiger partial charge >= 0.3 is 0 Å². The second kappa shape index (κ2) is 5.70. The molecule has 1 N–H and O–H groups in total. The second-order valence-corrected chi connectivity index (χ2v) is 4.77. The molecule has 0 aliphatic rings. The molecular formula is C15H15N5O. The van der Waals surface area contributed by atoms with Gasteiger partial charge in [-0.2, -0.15) is 0 Å². The zero-order chi connectivity index (χ0) is 14.7.